The zero-order chi connectivity index (χ0) is 24.2. The molecular weight excluding hydrogens is 448 g/mol. The fourth-order valence-electron chi connectivity index (χ4n) is 3.32. The molecule has 33 heavy (non-hydrogen) atoms. The number of benzene rings is 1. The van der Waals surface area contributed by atoms with Crippen LogP contribution in [-0.2, 0) is 19.1 Å². The number of rotatable bonds is 7. The van der Waals surface area contributed by atoms with E-state index in [1.54, 1.807) is 6.92 Å². The maximum atomic E-state index is 12.5. The van der Waals surface area contributed by atoms with Gasteiger partial charge in [-0.3, -0.25) is 4.79 Å². The summed E-state index contributed by atoms with van der Waals surface area (Å²) in [7, 11) is 0. The highest BCUT2D eigenvalue weighted by molar-refractivity contribution is 7.15. The average Bonchev–Trinajstić information content (AvgIpc) is 3.23. The van der Waals surface area contributed by atoms with E-state index in [1.165, 1.54) is 30.6 Å². The van der Waals surface area contributed by atoms with Gasteiger partial charge in [0.05, 0.1) is 6.61 Å². The highest BCUT2D eigenvalue weighted by Gasteiger charge is 2.23. The summed E-state index contributed by atoms with van der Waals surface area (Å²) in [5.74, 6) is -4.11. The molecule has 2 heterocycles. The molecule has 0 aliphatic carbocycles. The number of amides is 1. The number of hydrogen-bond donors (Lipinski definition) is 3. The molecule has 0 spiro atoms. The molecule has 1 saturated heterocycles. The van der Waals surface area contributed by atoms with E-state index in [0.29, 0.717) is 23.6 Å². The van der Waals surface area contributed by atoms with E-state index in [1.807, 2.05) is 35.7 Å². The highest BCUT2D eigenvalue weighted by atomic mass is 32.1. The van der Waals surface area contributed by atoms with Gasteiger partial charge in [0.15, 0.2) is 0 Å². The second-order valence-corrected chi connectivity index (χ2v) is 8.13. The average molecular weight is 477 g/mol. The number of aliphatic carboxylic acids is 2. The molecule has 1 aliphatic rings. The summed E-state index contributed by atoms with van der Waals surface area (Å²) in [6.07, 6.45) is 4.13. The number of hydrogen-bond acceptors (Lipinski definition) is 7. The van der Waals surface area contributed by atoms with Gasteiger partial charge in [0.25, 0.3) is 0 Å². The first-order valence-electron chi connectivity index (χ1n) is 10.7. The minimum Gasteiger partial charge on any atom is -0.473 e. The van der Waals surface area contributed by atoms with Crippen molar-refractivity contribution >= 4 is 40.2 Å². The molecule has 1 aromatic carbocycles. The molecule has 2 aromatic rings. The first kappa shape index (κ1) is 26.0. The Balaban J connectivity index is 0.000000569. The number of thiophene rings is 1. The SMILES string of the molecule is CCOC(=O)c1c(-c2ccccc2)csc1NC(=O)CCN1CCCCC1.O=C(O)C(=O)O. The van der Waals surface area contributed by atoms with Crippen molar-refractivity contribution in [3.63, 3.8) is 0 Å². The van der Waals surface area contributed by atoms with Crippen LogP contribution in [0.1, 0.15) is 43.0 Å². The quantitative estimate of drug-likeness (QED) is 0.408. The van der Waals surface area contributed by atoms with Gasteiger partial charge in [-0.05, 0) is 38.4 Å². The van der Waals surface area contributed by atoms with Crippen molar-refractivity contribution in [1.82, 2.24) is 4.90 Å². The van der Waals surface area contributed by atoms with Crippen LogP contribution in [0.3, 0.4) is 0 Å². The van der Waals surface area contributed by atoms with Gasteiger partial charge < -0.3 is 25.2 Å². The van der Waals surface area contributed by atoms with E-state index in [0.717, 1.165) is 30.8 Å². The summed E-state index contributed by atoms with van der Waals surface area (Å²) in [5.41, 5.74) is 2.18. The van der Waals surface area contributed by atoms with Crippen molar-refractivity contribution in [2.24, 2.45) is 0 Å². The maximum absolute atomic E-state index is 12.5. The molecule has 1 amide bonds. The van der Waals surface area contributed by atoms with Crippen LogP contribution in [0.15, 0.2) is 35.7 Å². The molecule has 0 saturated carbocycles. The van der Waals surface area contributed by atoms with Crippen LogP contribution in [0, 0.1) is 0 Å². The number of carboxylic acid groups (broad SMARTS) is 2. The molecule has 1 aromatic heterocycles. The van der Waals surface area contributed by atoms with E-state index >= 15 is 0 Å². The van der Waals surface area contributed by atoms with E-state index in [4.69, 9.17) is 24.5 Å². The summed E-state index contributed by atoms with van der Waals surface area (Å²) in [6, 6.07) is 9.69. The Hall–Kier alpha value is -3.24. The zero-order valence-electron chi connectivity index (χ0n) is 18.4. The van der Waals surface area contributed by atoms with Gasteiger partial charge in [0, 0.05) is 23.9 Å². The van der Waals surface area contributed by atoms with Crippen molar-refractivity contribution in [2.75, 3.05) is 31.6 Å². The summed E-state index contributed by atoms with van der Waals surface area (Å²) < 4.78 is 5.23. The van der Waals surface area contributed by atoms with Crippen LogP contribution in [0.5, 0.6) is 0 Å². The van der Waals surface area contributed by atoms with Crippen LogP contribution in [0.4, 0.5) is 5.00 Å². The normalized spacial score (nSPS) is 13.4. The van der Waals surface area contributed by atoms with Gasteiger partial charge in [-0.1, -0.05) is 36.8 Å². The minimum absolute atomic E-state index is 0.0624. The van der Waals surface area contributed by atoms with Crippen molar-refractivity contribution < 1.29 is 34.1 Å². The zero-order valence-corrected chi connectivity index (χ0v) is 19.2. The number of carbonyl (C=O) groups excluding carboxylic acids is 2. The Morgan fingerprint density at radius 2 is 1.67 bits per heavy atom. The minimum atomic E-state index is -1.82. The number of nitrogens with zero attached hydrogens (tertiary/aromatic N) is 1. The van der Waals surface area contributed by atoms with Gasteiger partial charge >= 0.3 is 17.9 Å². The third kappa shape index (κ3) is 8.32. The fourth-order valence-corrected chi connectivity index (χ4v) is 4.29. The van der Waals surface area contributed by atoms with Gasteiger partial charge in [-0.15, -0.1) is 11.3 Å². The summed E-state index contributed by atoms with van der Waals surface area (Å²) in [6.45, 7) is 4.98. The van der Waals surface area contributed by atoms with E-state index < -0.39 is 17.9 Å². The number of likely N-dealkylation sites (tertiary alicyclic amines) is 1. The summed E-state index contributed by atoms with van der Waals surface area (Å²) in [4.78, 5) is 45.5. The molecule has 9 nitrogen and oxygen atoms in total. The van der Waals surface area contributed by atoms with Crippen molar-refractivity contribution in [2.45, 2.75) is 32.6 Å². The Labute approximate surface area is 196 Å². The second-order valence-electron chi connectivity index (χ2n) is 7.25. The highest BCUT2D eigenvalue weighted by Crippen LogP contribution is 2.36. The Morgan fingerprint density at radius 1 is 1.03 bits per heavy atom. The lowest BCUT2D eigenvalue weighted by atomic mass is 10.0. The Bertz CT molecular complexity index is 941. The molecule has 0 bridgehead atoms. The van der Waals surface area contributed by atoms with Crippen LogP contribution in [0.2, 0.25) is 0 Å². The van der Waals surface area contributed by atoms with E-state index in [2.05, 4.69) is 10.2 Å². The third-order valence-corrected chi connectivity index (χ3v) is 5.79. The Kier molecular flexibility index (Phi) is 10.5. The fraction of sp³-hybridized carbons (Fsp3) is 0.391. The van der Waals surface area contributed by atoms with Crippen molar-refractivity contribution in [3.05, 3.63) is 41.3 Å². The molecule has 0 unspecified atom stereocenters. The van der Waals surface area contributed by atoms with Crippen LogP contribution >= 0.6 is 11.3 Å². The number of anilines is 1. The molecule has 1 aliphatic heterocycles. The number of carboxylic acids is 2. The van der Waals surface area contributed by atoms with Crippen LogP contribution < -0.4 is 5.32 Å². The standard InChI is InChI=1S/C21H26N2O3S.C2H2O4/c1-2-26-21(25)19-17(16-9-5-3-6-10-16)15-27-20(19)22-18(24)11-14-23-12-7-4-8-13-23;3-1(4)2(5)6/h3,5-6,9-10,15H,2,4,7-8,11-14H2,1H3,(H,22,24);(H,3,4)(H,5,6). The predicted octanol–water partition coefficient (Wildman–Crippen LogP) is 3.56. The van der Waals surface area contributed by atoms with Gasteiger partial charge in [-0.2, -0.15) is 0 Å². The molecule has 1 fully saturated rings. The molecule has 10 heteroatoms. The lowest BCUT2D eigenvalue weighted by Gasteiger charge is -2.25. The largest absolute Gasteiger partial charge is 0.473 e. The predicted molar refractivity (Wildman–Crippen MR) is 125 cm³/mol. The number of piperidine rings is 1. The molecule has 3 N–H and O–H groups in total. The smallest absolute Gasteiger partial charge is 0.414 e. The third-order valence-electron chi connectivity index (χ3n) is 4.90. The molecule has 178 valence electrons. The van der Waals surface area contributed by atoms with Crippen LogP contribution in [0.25, 0.3) is 11.1 Å². The number of ether oxygens (including phenoxy) is 1. The topological polar surface area (TPSA) is 133 Å². The first-order chi connectivity index (χ1) is 15.8. The molecular formula is C23H28N2O7S. The van der Waals surface area contributed by atoms with E-state index in [-0.39, 0.29) is 5.91 Å². The van der Waals surface area contributed by atoms with Gasteiger partial charge in [0.1, 0.15) is 10.6 Å². The molecule has 0 radical (unpaired) electrons. The number of nitrogens with one attached hydrogen (secondary N) is 1. The molecule has 3 rings (SSSR count). The number of esters is 1. The monoisotopic (exact) mass is 476 g/mol. The molecule has 0 atom stereocenters. The summed E-state index contributed by atoms with van der Waals surface area (Å²) in [5, 5.41) is 20.2. The van der Waals surface area contributed by atoms with Crippen molar-refractivity contribution in [1.29, 1.82) is 0 Å². The van der Waals surface area contributed by atoms with Gasteiger partial charge in [0.2, 0.25) is 5.91 Å². The van der Waals surface area contributed by atoms with Crippen LogP contribution in [-0.4, -0.2) is 65.2 Å². The lowest BCUT2D eigenvalue weighted by molar-refractivity contribution is -0.159. The van der Waals surface area contributed by atoms with E-state index in [9.17, 15) is 9.59 Å². The summed E-state index contributed by atoms with van der Waals surface area (Å²) >= 11 is 1.37. The first-order valence-corrected chi connectivity index (χ1v) is 11.5. The number of carbonyl (C=O) groups is 4. The van der Waals surface area contributed by atoms with Crippen molar-refractivity contribution in [3.8, 4) is 11.1 Å². The lowest BCUT2D eigenvalue weighted by Crippen LogP contribution is -2.32. The second kappa shape index (κ2) is 13.3. The maximum Gasteiger partial charge on any atom is 0.414 e. The Morgan fingerprint density at radius 3 is 2.24 bits per heavy atom. The van der Waals surface area contributed by atoms with Gasteiger partial charge in [-0.25, -0.2) is 14.4 Å².